The zero-order valence-corrected chi connectivity index (χ0v) is 3.40. The monoisotopic (exact) mass is 91.0 g/mol. The molecule has 1 radical (unpaired) electrons. The molecule has 0 bridgehead atoms. The van der Waals surface area contributed by atoms with Crippen molar-refractivity contribution >= 4 is 11.6 Å². The summed E-state index contributed by atoms with van der Waals surface area (Å²) in [6.45, 7) is -0.219. The van der Waals surface area contributed by atoms with Gasteiger partial charge in [-0.15, -0.1) is 0 Å². The van der Waals surface area contributed by atoms with Crippen LogP contribution in [-0.4, -0.2) is 6.61 Å². The first-order chi connectivity index (χ1) is 2.41. The summed E-state index contributed by atoms with van der Waals surface area (Å²) in [6, 6.07) is 0. The van der Waals surface area contributed by atoms with Gasteiger partial charge in [0.15, 0.2) is 0 Å². The summed E-state index contributed by atoms with van der Waals surface area (Å²) in [5, 5.41) is 9.36. The van der Waals surface area contributed by atoms with Crippen LogP contribution in [0, 0.1) is 0 Å². The van der Waals surface area contributed by atoms with Gasteiger partial charge in [0.25, 0.3) is 0 Å². The lowest BCUT2D eigenvalue weighted by Gasteiger charge is -1.60. The van der Waals surface area contributed by atoms with Crippen molar-refractivity contribution in [3.8, 4) is 0 Å². The maximum absolute atomic E-state index is 9.36. The average Bonchev–Trinajstić information content (AvgIpc) is 1.41. The Morgan fingerprint density at radius 2 is 2.40 bits per heavy atom. The van der Waals surface area contributed by atoms with E-state index in [0.29, 0.717) is 0 Å². The van der Waals surface area contributed by atoms with Crippen LogP contribution in [0.1, 0.15) is 0 Å². The van der Waals surface area contributed by atoms with Crippen molar-refractivity contribution in [2.75, 3.05) is 6.61 Å². The van der Waals surface area contributed by atoms with Gasteiger partial charge in [-0.3, -0.25) is 0 Å². The van der Waals surface area contributed by atoms with Crippen LogP contribution in [-0.2, 0) is 5.11 Å². The number of rotatable bonds is 1. The predicted molar refractivity (Wildman–Crippen MR) is 20.5 cm³/mol. The van der Waals surface area contributed by atoms with Gasteiger partial charge in [0.1, 0.15) is 6.61 Å². The Kier molecular flexibility index (Phi) is 3.98. The lowest BCUT2D eigenvalue weighted by molar-refractivity contribution is 0.232. The minimum absolute atomic E-state index is 0.219. The van der Waals surface area contributed by atoms with Gasteiger partial charge < -0.3 is 0 Å². The fraction of sp³-hybridized carbons (Fsp3) is 0.333. The van der Waals surface area contributed by atoms with E-state index in [1.807, 2.05) is 0 Å². The molecule has 0 aliphatic heterocycles. The van der Waals surface area contributed by atoms with Crippen molar-refractivity contribution in [1.82, 2.24) is 0 Å². The summed E-state index contributed by atoms with van der Waals surface area (Å²) >= 11 is 4.92. The Bertz CT molecular complexity index is 33.9. The smallest absolute Gasteiger partial charge is 0.102 e. The Labute approximate surface area is 35.9 Å². The Morgan fingerprint density at radius 3 is 2.40 bits per heavy atom. The van der Waals surface area contributed by atoms with Crippen LogP contribution in [0.2, 0.25) is 0 Å². The van der Waals surface area contributed by atoms with Crippen LogP contribution in [0.4, 0.5) is 0 Å². The van der Waals surface area contributed by atoms with E-state index in [4.69, 9.17) is 11.6 Å². The normalized spacial score (nSPS) is 10.0. The topological polar surface area (TPSA) is 19.9 Å². The van der Waals surface area contributed by atoms with E-state index < -0.39 is 0 Å². The molecule has 5 heavy (non-hydrogen) atoms. The van der Waals surface area contributed by atoms with E-state index in [1.165, 1.54) is 11.6 Å². The van der Waals surface area contributed by atoms with Gasteiger partial charge in [-0.25, -0.2) is 5.11 Å². The van der Waals surface area contributed by atoms with E-state index >= 15 is 0 Å². The van der Waals surface area contributed by atoms with Crippen LogP contribution in [0.5, 0.6) is 0 Å². The molecule has 0 saturated heterocycles. The van der Waals surface area contributed by atoms with Crippen LogP contribution in [0.25, 0.3) is 0 Å². The molecule has 0 aromatic heterocycles. The van der Waals surface area contributed by atoms with Gasteiger partial charge >= 0.3 is 0 Å². The Balaban J connectivity index is 2.62. The van der Waals surface area contributed by atoms with Gasteiger partial charge in [0.05, 0.1) is 0 Å². The van der Waals surface area contributed by atoms with Crippen molar-refractivity contribution in [3.05, 3.63) is 11.6 Å². The lowest BCUT2D eigenvalue weighted by atomic mass is 10.7. The van der Waals surface area contributed by atoms with Gasteiger partial charge in [0, 0.05) is 5.54 Å². The predicted octanol–water partition coefficient (Wildman–Crippen LogP) is 1.17. The highest BCUT2D eigenvalue weighted by Gasteiger charge is 1.57. The van der Waals surface area contributed by atoms with Gasteiger partial charge in [-0.1, -0.05) is 11.6 Å². The lowest BCUT2D eigenvalue weighted by Crippen LogP contribution is -1.60. The quantitative estimate of drug-likeness (QED) is 0.462. The zero-order valence-electron chi connectivity index (χ0n) is 2.65. The van der Waals surface area contributed by atoms with Gasteiger partial charge in [-0.2, -0.15) is 0 Å². The number of halogens is 1. The summed E-state index contributed by atoms with van der Waals surface area (Å²) in [6.07, 6.45) is 1.33. The second-order valence-corrected chi connectivity index (χ2v) is 0.780. The first-order valence-electron chi connectivity index (χ1n) is 1.25. The summed E-state index contributed by atoms with van der Waals surface area (Å²) in [4.78, 5) is 0. The van der Waals surface area contributed by atoms with E-state index in [9.17, 15) is 5.11 Å². The maximum Gasteiger partial charge on any atom is 0.102 e. The summed E-state index contributed by atoms with van der Waals surface area (Å²) in [5.74, 6) is 0. The van der Waals surface area contributed by atoms with Crippen molar-refractivity contribution in [3.63, 3.8) is 0 Å². The zero-order chi connectivity index (χ0) is 4.12. The second-order valence-electron chi connectivity index (χ2n) is 0.528. The largest absolute Gasteiger partial charge is 0.232 e. The van der Waals surface area contributed by atoms with Crippen molar-refractivity contribution in [2.45, 2.75) is 0 Å². The molecule has 0 rings (SSSR count). The van der Waals surface area contributed by atoms with Gasteiger partial charge in [-0.05, 0) is 6.08 Å². The first kappa shape index (κ1) is 4.99. The highest BCUT2D eigenvalue weighted by Crippen LogP contribution is 1.72. The molecule has 0 fully saturated rings. The van der Waals surface area contributed by atoms with Crippen LogP contribution >= 0.6 is 11.6 Å². The highest BCUT2D eigenvalue weighted by atomic mass is 35.5. The molecule has 2 heteroatoms. The SMILES string of the molecule is [O]CC=CCl. The average molecular weight is 91.5 g/mol. The molecule has 0 spiro atoms. The van der Waals surface area contributed by atoms with E-state index in [2.05, 4.69) is 0 Å². The molecule has 0 heterocycles. The minimum atomic E-state index is -0.219. The highest BCUT2D eigenvalue weighted by molar-refractivity contribution is 6.25. The standard InChI is InChI=1S/C3H4ClO/c4-2-1-3-5/h1-2H,3H2. The maximum atomic E-state index is 9.36. The van der Waals surface area contributed by atoms with E-state index in [0.717, 1.165) is 0 Å². The molecule has 0 unspecified atom stereocenters. The first-order valence-corrected chi connectivity index (χ1v) is 1.68. The summed E-state index contributed by atoms with van der Waals surface area (Å²) < 4.78 is 0. The molecule has 0 amide bonds. The van der Waals surface area contributed by atoms with Gasteiger partial charge in [0.2, 0.25) is 0 Å². The van der Waals surface area contributed by atoms with Crippen molar-refractivity contribution in [2.24, 2.45) is 0 Å². The molecule has 29 valence electrons. The minimum Gasteiger partial charge on any atom is -0.232 e. The van der Waals surface area contributed by atoms with Crippen LogP contribution in [0.15, 0.2) is 11.6 Å². The number of hydrogen-bond acceptors (Lipinski definition) is 0. The molecule has 0 aromatic rings. The third kappa shape index (κ3) is 3.99. The fourth-order valence-corrected chi connectivity index (χ4v) is 0.109. The molecule has 0 aromatic carbocycles. The third-order valence-electron chi connectivity index (χ3n) is 0.185. The summed E-state index contributed by atoms with van der Waals surface area (Å²) in [7, 11) is 0. The molecule has 0 atom stereocenters. The van der Waals surface area contributed by atoms with Crippen molar-refractivity contribution < 1.29 is 5.11 Å². The Morgan fingerprint density at radius 1 is 1.80 bits per heavy atom. The molecule has 0 aliphatic carbocycles. The third-order valence-corrected chi connectivity index (χ3v) is 0.363. The fourth-order valence-electron chi connectivity index (χ4n) is 0.0364. The molecule has 0 N–H and O–H groups in total. The Hall–Kier alpha value is -0.0100. The molecular weight excluding hydrogens is 87.5 g/mol. The molecule has 0 aliphatic rings. The van der Waals surface area contributed by atoms with Crippen molar-refractivity contribution in [1.29, 1.82) is 0 Å². The molecule has 1 nitrogen and oxygen atoms in total. The number of hydrogen-bond donors (Lipinski definition) is 0. The van der Waals surface area contributed by atoms with E-state index in [-0.39, 0.29) is 6.61 Å². The molecular formula is C3H4ClO. The second kappa shape index (κ2) is 3.99. The van der Waals surface area contributed by atoms with Crippen LogP contribution in [0.3, 0.4) is 0 Å². The molecule has 0 saturated carbocycles. The van der Waals surface area contributed by atoms with Crippen LogP contribution < -0.4 is 0 Å². The summed E-state index contributed by atoms with van der Waals surface area (Å²) in [5.41, 5.74) is 1.22. The van der Waals surface area contributed by atoms with E-state index in [1.54, 1.807) is 0 Å².